The second kappa shape index (κ2) is 4.48. The zero-order chi connectivity index (χ0) is 14.2. The molecule has 0 atom stereocenters. The summed E-state index contributed by atoms with van der Waals surface area (Å²) < 4.78 is 0. The normalized spacial score (nSPS) is 15.9. The van der Waals surface area contributed by atoms with Gasteiger partial charge in [0.05, 0.1) is 10.6 Å². The van der Waals surface area contributed by atoms with E-state index in [4.69, 9.17) is 0 Å². The Morgan fingerprint density at radius 2 is 1.89 bits per heavy atom. The molecule has 0 radical (unpaired) electrons. The fourth-order valence-corrected chi connectivity index (χ4v) is 1.69. The smallest absolute Gasteiger partial charge is 0.274 e. The van der Waals surface area contributed by atoms with E-state index in [1.807, 2.05) is 0 Å². The molecule has 0 spiro atoms. The number of carbonyl (C=O) groups is 3. The first kappa shape index (κ1) is 12.7. The average molecular weight is 263 g/mol. The number of urea groups is 1. The predicted molar refractivity (Wildman–Crippen MR) is 63.4 cm³/mol. The van der Waals surface area contributed by atoms with Gasteiger partial charge >= 0.3 is 6.03 Å². The Labute approximate surface area is 107 Å². The quantitative estimate of drug-likeness (QED) is 0.448. The van der Waals surface area contributed by atoms with Gasteiger partial charge in [-0.3, -0.25) is 24.6 Å². The van der Waals surface area contributed by atoms with Gasteiger partial charge in [-0.15, -0.1) is 0 Å². The van der Waals surface area contributed by atoms with Crippen molar-refractivity contribution in [1.29, 1.82) is 0 Å². The Morgan fingerprint density at radius 1 is 1.21 bits per heavy atom. The van der Waals surface area contributed by atoms with Crippen LogP contribution in [0.2, 0.25) is 0 Å². The maximum atomic E-state index is 11.9. The van der Waals surface area contributed by atoms with Crippen molar-refractivity contribution < 1.29 is 19.3 Å². The number of anilines is 1. The molecular weight excluding hydrogens is 254 g/mol. The molecule has 1 aliphatic rings. The number of nitro benzene ring substituents is 1. The minimum absolute atomic E-state index is 0.0727. The van der Waals surface area contributed by atoms with E-state index in [1.165, 1.54) is 25.2 Å². The molecule has 1 heterocycles. The summed E-state index contributed by atoms with van der Waals surface area (Å²) in [6.45, 7) is 0. The third-order valence-corrected chi connectivity index (χ3v) is 2.70. The summed E-state index contributed by atoms with van der Waals surface area (Å²) in [4.78, 5) is 46.5. The molecule has 2 rings (SSSR count). The number of imide groups is 2. The van der Waals surface area contributed by atoms with Crippen molar-refractivity contribution in [3.8, 4) is 0 Å². The summed E-state index contributed by atoms with van der Waals surface area (Å²) in [5.41, 5.74) is -0.166. The second-order valence-corrected chi connectivity index (χ2v) is 3.92. The van der Waals surface area contributed by atoms with E-state index < -0.39 is 29.2 Å². The lowest BCUT2D eigenvalue weighted by Crippen LogP contribution is -2.53. The van der Waals surface area contributed by atoms with Gasteiger partial charge in [0, 0.05) is 19.2 Å². The molecule has 8 heteroatoms. The van der Waals surface area contributed by atoms with Crippen LogP contribution in [0, 0.1) is 10.1 Å². The van der Waals surface area contributed by atoms with Gasteiger partial charge in [-0.1, -0.05) is 6.07 Å². The summed E-state index contributed by atoms with van der Waals surface area (Å²) in [7, 11) is 1.25. The van der Waals surface area contributed by atoms with Gasteiger partial charge < -0.3 is 0 Å². The van der Waals surface area contributed by atoms with Crippen LogP contribution in [-0.2, 0) is 9.59 Å². The van der Waals surface area contributed by atoms with Crippen LogP contribution in [0.25, 0.3) is 0 Å². The number of amides is 4. The van der Waals surface area contributed by atoms with Crippen LogP contribution in [0.3, 0.4) is 0 Å². The number of nitrogens with zero attached hydrogens (tertiary/aromatic N) is 3. The minimum Gasteiger partial charge on any atom is -0.274 e. The zero-order valence-corrected chi connectivity index (χ0v) is 9.90. The molecule has 0 aromatic heterocycles. The largest absolute Gasteiger partial charge is 0.337 e. The van der Waals surface area contributed by atoms with Crippen LogP contribution in [0.15, 0.2) is 24.3 Å². The minimum atomic E-state index is -0.818. The van der Waals surface area contributed by atoms with Gasteiger partial charge in [-0.05, 0) is 6.07 Å². The molecule has 0 aliphatic carbocycles. The second-order valence-electron chi connectivity index (χ2n) is 3.92. The third kappa shape index (κ3) is 2.15. The molecule has 1 saturated heterocycles. The molecule has 0 saturated carbocycles. The van der Waals surface area contributed by atoms with Crippen molar-refractivity contribution in [2.75, 3.05) is 11.9 Å². The molecular formula is C11H9N3O5. The standard InChI is InChI=1S/C11H9N3O5/c1-12-9(15)6-10(16)13(11(12)17)7-3-2-4-8(5-7)14(18)19/h2-5H,6H2,1H3. The molecule has 4 amide bonds. The highest BCUT2D eigenvalue weighted by atomic mass is 16.6. The third-order valence-electron chi connectivity index (χ3n) is 2.70. The molecule has 1 aromatic carbocycles. The lowest BCUT2D eigenvalue weighted by atomic mass is 10.2. The van der Waals surface area contributed by atoms with E-state index >= 15 is 0 Å². The van der Waals surface area contributed by atoms with Crippen LogP contribution in [0.4, 0.5) is 16.2 Å². The number of nitro groups is 1. The van der Waals surface area contributed by atoms with Crippen molar-refractivity contribution in [2.24, 2.45) is 0 Å². The van der Waals surface area contributed by atoms with Crippen molar-refractivity contribution >= 4 is 29.2 Å². The number of benzene rings is 1. The lowest BCUT2D eigenvalue weighted by Gasteiger charge is -2.30. The van der Waals surface area contributed by atoms with Crippen LogP contribution in [-0.4, -0.2) is 34.7 Å². The molecule has 1 aromatic rings. The monoisotopic (exact) mass is 263 g/mol. The number of rotatable bonds is 2. The molecule has 1 aliphatic heterocycles. The van der Waals surface area contributed by atoms with Crippen molar-refractivity contribution in [1.82, 2.24) is 4.90 Å². The van der Waals surface area contributed by atoms with Crippen LogP contribution in [0.1, 0.15) is 6.42 Å². The van der Waals surface area contributed by atoms with Gasteiger partial charge in [0.25, 0.3) is 5.69 Å². The number of hydrogen-bond donors (Lipinski definition) is 0. The first-order valence-corrected chi connectivity index (χ1v) is 5.29. The number of carbonyl (C=O) groups excluding carboxylic acids is 3. The van der Waals surface area contributed by atoms with Crippen molar-refractivity contribution in [3.63, 3.8) is 0 Å². The summed E-state index contributed by atoms with van der Waals surface area (Å²) in [5.74, 6) is -1.30. The van der Waals surface area contributed by atoms with Crippen molar-refractivity contribution in [3.05, 3.63) is 34.4 Å². The highest BCUT2D eigenvalue weighted by molar-refractivity contribution is 6.26. The van der Waals surface area contributed by atoms with Crippen LogP contribution >= 0.6 is 0 Å². The van der Waals surface area contributed by atoms with Gasteiger partial charge in [0.1, 0.15) is 6.42 Å². The van der Waals surface area contributed by atoms with Gasteiger partial charge in [-0.2, -0.15) is 0 Å². The summed E-state index contributed by atoms with van der Waals surface area (Å²) in [6.07, 6.45) is -0.440. The first-order chi connectivity index (χ1) is 8.91. The summed E-state index contributed by atoms with van der Waals surface area (Å²) >= 11 is 0. The van der Waals surface area contributed by atoms with E-state index in [2.05, 4.69) is 0 Å². The Kier molecular flexibility index (Phi) is 2.99. The Hall–Kier alpha value is -2.77. The van der Waals surface area contributed by atoms with Crippen molar-refractivity contribution in [2.45, 2.75) is 6.42 Å². The Balaban J connectivity index is 2.43. The molecule has 0 bridgehead atoms. The number of barbiturate groups is 1. The first-order valence-electron chi connectivity index (χ1n) is 5.29. The highest BCUT2D eigenvalue weighted by Gasteiger charge is 2.36. The maximum absolute atomic E-state index is 11.9. The topological polar surface area (TPSA) is 101 Å². The highest BCUT2D eigenvalue weighted by Crippen LogP contribution is 2.24. The van der Waals surface area contributed by atoms with Crippen LogP contribution < -0.4 is 4.90 Å². The lowest BCUT2D eigenvalue weighted by molar-refractivity contribution is -0.384. The molecule has 0 N–H and O–H groups in total. The molecule has 1 fully saturated rings. The number of hydrogen-bond acceptors (Lipinski definition) is 5. The van der Waals surface area contributed by atoms with Gasteiger partial charge in [-0.25, -0.2) is 9.69 Å². The molecule has 8 nitrogen and oxygen atoms in total. The molecule has 0 unspecified atom stereocenters. The fourth-order valence-electron chi connectivity index (χ4n) is 1.69. The Bertz CT molecular complexity index is 598. The summed E-state index contributed by atoms with van der Waals surface area (Å²) in [6, 6.07) is 4.30. The Morgan fingerprint density at radius 3 is 2.53 bits per heavy atom. The maximum Gasteiger partial charge on any atom is 0.337 e. The zero-order valence-electron chi connectivity index (χ0n) is 9.90. The van der Waals surface area contributed by atoms with Crippen LogP contribution in [0.5, 0.6) is 0 Å². The van der Waals surface area contributed by atoms with E-state index in [0.717, 1.165) is 15.9 Å². The summed E-state index contributed by atoms with van der Waals surface area (Å²) in [5, 5.41) is 10.7. The van der Waals surface area contributed by atoms with E-state index in [9.17, 15) is 24.5 Å². The molecule has 98 valence electrons. The van der Waals surface area contributed by atoms with E-state index in [1.54, 1.807) is 0 Å². The average Bonchev–Trinajstić information content (AvgIpc) is 2.36. The van der Waals surface area contributed by atoms with E-state index in [0.29, 0.717) is 0 Å². The fraction of sp³-hybridized carbons (Fsp3) is 0.182. The predicted octanol–water partition coefficient (Wildman–Crippen LogP) is 0.910. The SMILES string of the molecule is CN1C(=O)CC(=O)N(c2cccc([N+](=O)[O-])c2)C1=O. The van der Waals surface area contributed by atoms with E-state index in [-0.39, 0.29) is 11.4 Å². The molecule has 19 heavy (non-hydrogen) atoms. The van der Waals surface area contributed by atoms with Gasteiger partial charge in [0.2, 0.25) is 11.8 Å². The number of non-ortho nitro benzene ring substituents is 1. The van der Waals surface area contributed by atoms with Gasteiger partial charge in [0.15, 0.2) is 0 Å².